The Kier molecular flexibility index (Phi) is 6.06. The maximum absolute atomic E-state index is 12.4. The predicted octanol–water partition coefficient (Wildman–Crippen LogP) is 4.69. The summed E-state index contributed by atoms with van der Waals surface area (Å²) in [7, 11) is 0. The smallest absolute Gasteiger partial charge is 0.252 e. The molecule has 2 nitrogen and oxygen atoms in total. The van der Waals surface area contributed by atoms with Gasteiger partial charge < -0.3 is 5.32 Å². The standard InChI is InChI=1S/C15H21Br2NO/c1-10-5-6-12(17)11(9-10)14(19)18-13(7-8-16)15(2,3)4/h5-6,9,13H,7-8H2,1-4H3,(H,18,19). The molecule has 0 aliphatic rings. The average molecular weight is 391 g/mol. The molecule has 0 heterocycles. The van der Waals surface area contributed by atoms with Gasteiger partial charge in [0.05, 0.1) is 5.56 Å². The number of benzene rings is 1. The van der Waals surface area contributed by atoms with Crippen LogP contribution in [-0.4, -0.2) is 17.3 Å². The van der Waals surface area contributed by atoms with Crippen molar-refractivity contribution in [2.45, 2.75) is 40.2 Å². The minimum Gasteiger partial charge on any atom is -0.349 e. The van der Waals surface area contributed by atoms with Crippen LogP contribution in [0, 0.1) is 12.3 Å². The van der Waals surface area contributed by atoms with Crippen molar-refractivity contribution in [2.24, 2.45) is 5.41 Å². The lowest BCUT2D eigenvalue weighted by atomic mass is 9.85. The summed E-state index contributed by atoms with van der Waals surface area (Å²) >= 11 is 6.89. The first-order valence-corrected chi connectivity index (χ1v) is 8.30. The number of hydrogen-bond donors (Lipinski definition) is 1. The molecule has 4 heteroatoms. The van der Waals surface area contributed by atoms with Gasteiger partial charge in [0.2, 0.25) is 0 Å². The average Bonchev–Trinajstić information content (AvgIpc) is 2.30. The Morgan fingerprint density at radius 1 is 1.37 bits per heavy atom. The molecule has 0 aromatic heterocycles. The summed E-state index contributed by atoms with van der Waals surface area (Å²) in [6, 6.07) is 5.96. The highest BCUT2D eigenvalue weighted by Gasteiger charge is 2.26. The molecule has 106 valence electrons. The van der Waals surface area contributed by atoms with Crippen molar-refractivity contribution in [3.63, 3.8) is 0 Å². The van der Waals surface area contributed by atoms with Crippen molar-refractivity contribution in [3.05, 3.63) is 33.8 Å². The number of alkyl halides is 1. The minimum atomic E-state index is -0.0172. The van der Waals surface area contributed by atoms with E-state index in [-0.39, 0.29) is 17.4 Å². The van der Waals surface area contributed by atoms with E-state index in [1.54, 1.807) is 0 Å². The van der Waals surface area contributed by atoms with Crippen LogP contribution in [0.5, 0.6) is 0 Å². The van der Waals surface area contributed by atoms with Crippen LogP contribution in [0.4, 0.5) is 0 Å². The van der Waals surface area contributed by atoms with Gasteiger partial charge in [0.15, 0.2) is 0 Å². The third-order valence-corrected chi connectivity index (χ3v) is 4.26. The number of carbonyl (C=O) groups is 1. The Morgan fingerprint density at radius 3 is 2.53 bits per heavy atom. The Hall–Kier alpha value is -0.350. The lowest BCUT2D eigenvalue weighted by Gasteiger charge is -2.31. The zero-order valence-electron chi connectivity index (χ0n) is 11.9. The Balaban J connectivity index is 2.91. The first-order chi connectivity index (χ1) is 8.75. The predicted molar refractivity (Wildman–Crippen MR) is 88.0 cm³/mol. The molecule has 1 aromatic rings. The van der Waals surface area contributed by atoms with Gasteiger partial charge in [0.1, 0.15) is 0 Å². The van der Waals surface area contributed by atoms with Crippen molar-refractivity contribution in [2.75, 3.05) is 5.33 Å². The molecule has 0 bridgehead atoms. The molecule has 1 rings (SSSR count). The number of hydrogen-bond acceptors (Lipinski definition) is 1. The Labute approximate surface area is 132 Å². The summed E-state index contributed by atoms with van der Waals surface area (Å²) < 4.78 is 0.835. The summed E-state index contributed by atoms with van der Waals surface area (Å²) in [5.41, 5.74) is 1.82. The highest BCUT2D eigenvalue weighted by molar-refractivity contribution is 9.10. The summed E-state index contributed by atoms with van der Waals surface area (Å²) in [5.74, 6) is -0.0172. The van der Waals surface area contributed by atoms with Crippen LogP contribution in [0.15, 0.2) is 22.7 Å². The normalized spacial score (nSPS) is 13.2. The van der Waals surface area contributed by atoms with Crippen LogP contribution in [0.25, 0.3) is 0 Å². The highest BCUT2D eigenvalue weighted by atomic mass is 79.9. The van der Waals surface area contributed by atoms with Crippen LogP contribution in [0.1, 0.15) is 43.1 Å². The maximum Gasteiger partial charge on any atom is 0.252 e. The number of amides is 1. The van der Waals surface area contributed by atoms with Crippen molar-refractivity contribution in [1.82, 2.24) is 5.32 Å². The van der Waals surface area contributed by atoms with E-state index in [0.29, 0.717) is 5.56 Å². The molecule has 1 unspecified atom stereocenters. The SMILES string of the molecule is Cc1ccc(Br)c(C(=O)NC(CCBr)C(C)(C)C)c1. The van der Waals surface area contributed by atoms with Crippen LogP contribution < -0.4 is 5.32 Å². The molecule has 1 amide bonds. The minimum absolute atomic E-state index is 0.0172. The van der Waals surface area contributed by atoms with Crippen molar-refractivity contribution in [3.8, 4) is 0 Å². The van der Waals surface area contributed by atoms with Gasteiger partial charge in [0.25, 0.3) is 5.91 Å². The van der Waals surface area contributed by atoms with Crippen LogP contribution >= 0.6 is 31.9 Å². The quantitative estimate of drug-likeness (QED) is 0.742. The van der Waals surface area contributed by atoms with Gasteiger partial charge in [-0.05, 0) is 46.8 Å². The van der Waals surface area contributed by atoms with Crippen molar-refractivity contribution < 1.29 is 4.79 Å². The molecular formula is C15H21Br2NO. The molecule has 0 spiro atoms. The van der Waals surface area contributed by atoms with Crippen molar-refractivity contribution >= 4 is 37.8 Å². The third-order valence-electron chi connectivity index (χ3n) is 3.11. The number of nitrogens with one attached hydrogen (secondary N) is 1. The third kappa shape index (κ3) is 4.92. The first-order valence-electron chi connectivity index (χ1n) is 6.38. The van der Waals surface area contributed by atoms with Gasteiger partial charge in [-0.15, -0.1) is 0 Å². The molecule has 0 saturated heterocycles. The molecule has 0 fully saturated rings. The number of carbonyl (C=O) groups excluding carboxylic acids is 1. The Morgan fingerprint density at radius 2 is 2.00 bits per heavy atom. The molecule has 1 aromatic carbocycles. The molecular weight excluding hydrogens is 370 g/mol. The van der Waals surface area contributed by atoms with E-state index in [1.807, 2.05) is 25.1 Å². The number of halogens is 2. The van der Waals surface area contributed by atoms with Gasteiger partial charge in [-0.2, -0.15) is 0 Å². The van der Waals surface area contributed by atoms with E-state index in [4.69, 9.17) is 0 Å². The topological polar surface area (TPSA) is 29.1 Å². The van der Waals surface area contributed by atoms with E-state index >= 15 is 0 Å². The van der Waals surface area contributed by atoms with E-state index in [2.05, 4.69) is 57.9 Å². The Bertz CT molecular complexity index is 452. The summed E-state index contributed by atoms with van der Waals surface area (Å²) in [4.78, 5) is 12.4. The highest BCUT2D eigenvalue weighted by Crippen LogP contribution is 2.24. The van der Waals surface area contributed by atoms with Gasteiger partial charge in [-0.1, -0.05) is 48.3 Å². The fourth-order valence-electron chi connectivity index (χ4n) is 1.88. The lowest BCUT2D eigenvalue weighted by molar-refractivity contribution is 0.0900. The monoisotopic (exact) mass is 389 g/mol. The second-order valence-electron chi connectivity index (χ2n) is 5.85. The van der Waals surface area contributed by atoms with Crippen LogP contribution in [-0.2, 0) is 0 Å². The molecule has 1 N–H and O–H groups in total. The number of rotatable bonds is 4. The maximum atomic E-state index is 12.4. The molecule has 19 heavy (non-hydrogen) atoms. The van der Waals surface area contributed by atoms with Crippen LogP contribution in [0.3, 0.4) is 0 Å². The summed E-state index contributed by atoms with van der Waals surface area (Å²) in [5, 5.41) is 4.02. The molecule has 1 atom stereocenters. The fraction of sp³-hybridized carbons (Fsp3) is 0.533. The lowest BCUT2D eigenvalue weighted by Crippen LogP contribution is -2.44. The molecule has 0 aliphatic heterocycles. The second kappa shape index (κ2) is 6.89. The molecule has 0 aliphatic carbocycles. The molecule has 0 radical (unpaired) electrons. The van der Waals surface area contributed by atoms with E-state index in [9.17, 15) is 4.79 Å². The zero-order valence-corrected chi connectivity index (χ0v) is 15.1. The zero-order chi connectivity index (χ0) is 14.6. The van der Waals surface area contributed by atoms with E-state index in [0.717, 1.165) is 21.8 Å². The van der Waals surface area contributed by atoms with Gasteiger partial charge in [0, 0.05) is 15.8 Å². The summed E-state index contributed by atoms with van der Waals surface area (Å²) in [6.45, 7) is 8.42. The first kappa shape index (κ1) is 16.7. The van der Waals surface area contributed by atoms with Gasteiger partial charge >= 0.3 is 0 Å². The fourth-order valence-corrected chi connectivity index (χ4v) is 2.76. The van der Waals surface area contributed by atoms with Crippen molar-refractivity contribution in [1.29, 1.82) is 0 Å². The van der Waals surface area contributed by atoms with E-state index in [1.165, 1.54) is 0 Å². The summed E-state index contributed by atoms with van der Waals surface area (Å²) in [6.07, 6.45) is 0.915. The van der Waals surface area contributed by atoms with E-state index < -0.39 is 0 Å². The van der Waals surface area contributed by atoms with Crippen LogP contribution in [0.2, 0.25) is 0 Å². The second-order valence-corrected chi connectivity index (χ2v) is 7.50. The largest absolute Gasteiger partial charge is 0.349 e. The van der Waals surface area contributed by atoms with Gasteiger partial charge in [-0.25, -0.2) is 0 Å². The van der Waals surface area contributed by atoms with Gasteiger partial charge in [-0.3, -0.25) is 4.79 Å². The number of aryl methyl sites for hydroxylation is 1. The molecule has 0 saturated carbocycles.